The van der Waals surface area contributed by atoms with Crippen LogP contribution in [0.25, 0.3) is 0 Å². The van der Waals surface area contributed by atoms with Crippen LogP contribution in [-0.2, 0) is 0 Å². The molecule has 7 nitrogen and oxygen atoms in total. The number of carbonyl (C=O) groups is 1. The third-order valence-corrected chi connectivity index (χ3v) is 3.78. The lowest BCUT2D eigenvalue weighted by atomic mass is 9.87. The normalized spacial score (nSPS) is 21.8. The number of benzene rings is 1. The summed E-state index contributed by atoms with van der Waals surface area (Å²) < 4.78 is 0. The Morgan fingerprint density at radius 1 is 1.43 bits per heavy atom. The molecule has 0 spiro atoms. The van der Waals surface area contributed by atoms with Gasteiger partial charge in [-0.3, -0.25) is 10.1 Å². The van der Waals surface area contributed by atoms with Crippen LogP contribution in [0.5, 0.6) is 0 Å². The zero-order valence-corrected chi connectivity index (χ0v) is 11.5. The van der Waals surface area contributed by atoms with Crippen molar-refractivity contribution < 1.29 is 19.9 Å². The summed E-state index contributed by atoms with van der Waals surface area (Å²) in [7, 11) is 0. The number of aliphatic hydroxyl groups is 1. The fraction of sp³-hybridized carbons (Fsp3) is 0.500. The van der Waals surface area contributed by atoms with Crippen LogP contribution < -0.4 is 5.32 Å². The van der Waals surface area contributed by atoms with Crippen LogP contribution in [-0.4, -0.2) is 33.8 Å². The molecule has 0 aromatic heterocycles. The topological polar surface area (TPSA) is 113 Å². The predicted octanol–water partition coefficient (Wildman–Crippen LogP) is 2.26. The van der Waals surface area contributed by atoms with Gasteiger partial charge in [-0.15, -0.1) is 0 Å². The number of non-ortho nitro benzene ring substituents is 1. The summed E-state index contributed by atoms with van der Waals surface area (Å²) in [4.78, 5) is 21.4. The molecule has 0 saturated heterocycles. The summed E-state index contributed by atoms with van der Waals surface area (Å²) in [5.74, 6) is -0.884. The van der Waals surface area contributed by atoms with Crippen LogP contribution in [0.2, 0.25) is 0 Å². The molecule has 1 saturated carbocycles. The van der Waals surface area contributed by atoms with E-state index < -0.39 is 10.9 Å². The van der Waals surface area contributed by atoms with Crippen LogP contribution in [0.15, 0.2) is 18.2 Å². The number of rotatable bonds is 5. The van der Waals surface area contributed by atoms with E-state index in [0.717, 1.165) is 19.3 Å². The van der Waals surface area contributed by atoms with Crippen molar-refractivity contribution in [3.8, 4) is 0 Å². The zero-order chi connectivity index (χ0) is 15.4. The van der Waals surface area contributed by atoms with Crippen molar-refractivity contribution >= 4 is 17.3 Å². The van der Waals surface area contributed by atoms with E-state index in [2.05, 4.69) is 5.32 Å². The first-order chi connectivity index (χ1) is 9.97. The highest BCUT2D eigenvalue weighted by Gasteiger charge is 2.21. The molecule has 1 fully saturated rings. The molecule has 1 aromatic rings. The second kappa shape index (κ2) is 6.53. The summed E-state index contributed by atoms with van der Waals surface area (Å²) >= 11 is 0. The van der Waals surface area contributed by atoms with Crippen molar-refractivity contribution in [2.75, 3.05) is 11.9 Å². The molecule has 0 heterocycles. The Morgan fingerprint density at radius 2 is 2.19 bits per heavy atom. The SMILES string of the molecule is O=C(O)c1ccc([N+](=O)[O-])cc1NCC1CCCC(O)C1. The number of nitro benzene ring substituents is 1. The minimum absolute atomic E-state index is 0.0111. The molecule has 1 aliphatic carbocycles. The quantitative estimate of drug-likeness (QED) is 0.567. The van der Waals surface area contributed by atoms with Crippen LogP contribution in [0.1, 0.15) is 36.0 Å². The van der Waals surface area contributed by atoms with E-state index in [0.29, 0.717) is 13.0 Å². The molecular formula is C14H18N2O5. The number of hydrogen-bond acceptors (Lipinski definition) is 5. The van der Waals surface area contributed by atoms with Crippen LogP contribution in [0.4, 0.5) is 11.4 Å². The van der Waals surface area contributed by atoms with Gasteiger partial charge in [0.1, 0.15) is 0 Å². The van der Waals surface area contributed by atoms with E-state index >= 15 is 0 Å². The second-order valence-corrected chi connectivity index (χ2v) is 5.36. The van der Waals surface area contributed by atoms with Crippen LogP contribution >= 0.6 is 0 Å². The maximum Gasteiger partial charge on any atom is 0.337 e. The highest BCUT2D eigenvalue weighted by molar-refractivity contribution is 5.94. The highest BCUT2D eigenvalue weighted by Crippen LogP contribution is 2.27. The average molecular weight is 294 g/mol. The molecule has 2 unspecified atom stereocenters. The Balaban J connectivity index is 2.11. The van der Waals surface area contributed by atoms with Crippen molar-refractivity contribution in [3.05, 3.63) is 33.9 Å². The zero-order valence-electron chi connectivity index (χ0n) is 11.5. The summed E-state index contributed by atoms with van der Waals surface area (Å²) in [5.41, 5.74) is 0.111. The van der Waals surface area contributed by atoms with Gasteiger partial charge in [-0.1, -0.05) is 6.42 Å². The molecular weight excluding hydrogens is 276 g/mol. The van der Waals surface area contributed by atoms with Crippen molar-refractivity contribution in [1.82, 2.24) is 0 Å². The first kappa shape index (κ1) is 15.2. The largest absolute Gasteiger partial charge is 0.478 e. The number of aromatic carboxylic acids is 1. The molecule has 21 heavy (non-hydrogen) atoms. The van der Waals surface area contributed by atoms with Crippen LogP contribution in [0.3, 0.4) is 0 Å². The van der Waals surface area contributed by atoms with E-state index in [1.807, 2.05) is 0 Å². The summed E-state index contributed by atoms with van der Waals surface area (Å²) in [5, 5.41) is 32.5. The lowest BCUT2D eigenvalue weighted by Gasteiger charge is -2.26. The Labute approximate surface area is 121 Å². The molecule has 1 aromatic carbocycles. The molecule has 0 aliphatic heterocycles. The fourth-order valence-corrected chi connectivity index (χ4v) is 2.68. The lowest BCUT2D eigenvalue weighted by molar-refractivity contribution is -0.384. The number of aliphatic hydroxyl groups excluding tert-OH is 1. The number of nitrogens with one attached hydrogen (secondary N) is 1. The molecule has 3 N–H and O–H groups in total. The van der Waals surface area contributed by atoms with E-state index in [4.69, 9.17) is 5.11 Å². The van der Waals surface area contributed by atoms with Gasteiger partial charge in [-0.2, -0.15) is 0 Å². The van der Waals surface area contributed by atoms with Crippen LogP contribution in [0, 0.1) is 16.0 Å². The third kappa shape index (κ3) is 3.91. The third-order valence-electron chi connectivity index (χ3n) is 3.78. The molecule has 2 atom stereocenters. The molecule has 1 aliphatic rings. The van der Waals surface area contributed by atoms with E-state index in [-0.39, 0.29) is 29.0 Å². The maximum atomic E-state index is 11.2. The number of hydrogen-bond donors (Lipinski definition) is 3. The van der Waals surface area contributed by atoms with Gasteiger partial charge >= 0.3 is 5.97 Å². The van der Waals surface area contributed by atoms with E-state index in [9.17, 15) is 20.0 Å². The molecule has 7 heteroatoms. The number of nitrogens with zero attached hydrogens (tertiary/aromatic N) is 1. The fourth-order valence-electron chi connectivity index (χ4n) is 2.68. The Kier molecular flexibility index (Phi) is 4.74. The summed E-state index contributed by atoms with van der Waals surface area (Å²) in [6.07, 6.45) is 3.06. The second-order valence-electron chi connectivity index (χ2n) is 5.36. The molecule has 2 rings (SSSR count). The van der Waals surface area contributed by atoms with E-state index in [1.54, 1.807) is 0 Å². The lowest BCUT2D eigenvalue weighted by Crippen LogP contribution is -2.25. The Bertz CT molecular complexity index is 546. The minimum Gasteiger partial charge on any atom is -0.478 e. The number of nitro groups is 1. The summed E-state index contributed by atoms with van der Waals surface area (Å²) in [6, 6.07) is 3.65. The van der Waals surface area contributed by atoms with Gasteiger partial charge < -0.3 is 15.5 Å². The van der Waals surface area contributed by atoms with Gasteiger partial charge in [0.05, 0.1) is 22.3 Å². The predicted molar refractivity (Wildman–Crippen MR) is 76.5 cm³/mol. The highest BCUT2D eigenvalue weighted by atomic mass is 16.6. The smallest absolute Gasteiger partial charge is 0.337 e. The Hall–Kier alpha value is -2.15. The van der Waals surface area contributed by atoms with Crippen molar-refractivity contribution in [3.63, 3.8) is 0 Å². The number of anilines is 1. The molecule has 0 bridgehead atoms. The van der Waals surface area contributed by atoms with Gasteiger partial charge in [0, 0.05) is 18.7 Å². The van der Waals surface area contributed by atoms with Gasteiger partial charge in [0.15, 0.2) is 0 Å². The van der Waals surface area contributed by atoms with E-state index in [1.165, 1.54) is 18.2 Å². The maximum absolute atomic E-state index is 11.2. The standard InChI is InChI=1S/C14H18N2O5/c17-11-3-1-2-9(6-11)8-15-13-7-10(16(20)21)4-5-12(13)14(18)19/h4-5,7,9,11,15,17H,1-3,6,8H2,(H,18,19). The first-order valence-electron chi connectivity index (χ1n) is 6.91. The molecule has 0 radical (unpaired) electrons. The van der Waals surface area contributed by atoms with Crippen molar-refractivity contribution in [1.29, 1.82) is 0 Å². The molecule has 0 amide bonds. The monoisotopic (exact) mass is 294 g/mol. The average Bonchev–Trinajstić information content (AvgIpc) is 2.44. The van der Waals surface area contributed by atoms with Gasteiger partial charge in [-0.25, -0.2) is 4.79 Å². The molecule has 114 valence electrons. The van der Waals surface area contributed by atoms with Gasteiger partial charge in [-0.05, 0) is 31.2 Å². The van der Waals surface area contributed by atoms with Gasteiger partial charge in [0.25, 0.3) is 5.69 Å². The van der Waals surface area contributed by atoms with Crippen molar-refractivity contribution in [2.45, 2.75) is 31.8 Å². The summed E-state index contributed by atoms with van der Waals surface area (Å²) in [6.45, 7) is 0.499. The number of carboxylic acids is 1. The van der Waals surface area contributed by atoms with Crippen molar-refractivity contribution in [2.24, 2.45) is 5.92 Å². The number of carboxylic acid groups (broad SMARTS) is 1. The minimum atomic E-state index is -1.13. The van der Waals surface area contributed by atoms with Gasteiger partial charge in [0.2, 0.25) is 0 Å². The Morgan fingerprint density at radius 3 is 2.81 bits per heavy atom. The first-order valence-corrected chi connectivity index (χ1v) is 6.91.